The van der Waals surface area contributed by atoms with Gasteiger partial charge in [0.25, 0.3) is 0 Å². The van der Waals surface area contributed by atoms with Gasteiger partial charge in [0.05, 0.1) is 31.0 Å². The number of morpholine rings is 1. The summed E-state index contributed by atoms with van der Waals surface area (Å²) in [6, 6.07) is 3.63. The van der Waals surface area contributed by atoms with Gasteiger partial charge in [-0.05, 0) is 12.1 Å². The second kappa shape index (κ2) is 5.58. The number of hydrogen-bond donors (Lipinski definition) is 0. The number of anilines is 1. The third kappa shape index (κ3) is 2.51. The zero-order valence-corrected chi connectivity index (χ0v) is 11.2. The molecule has 3 rings (SSSR count). The van der Waals surface area contributed by atoms with Gasteiger partial charge in [0.15, 0.2) is 0 Å². The van der Waals surface area contributed by atoms with Crippen molar-refractivity contribution in [2.24, 2.45) is 5.92 Å². The average Bonchev–Trinajstić information content (AvgIpc) is 2.90. The van der Waals surface area contributed by atoms with Gasteiger partial charge in [0, 0.05) is 32.3 Å². The molecular weight excluding hydrogens is 258 g/mol. The molecule has 0 saturated carbocycles. The van der Waals surface area contributed by atoms with E-state index in [0.717, 1.165) is 5.69 Å². The highest BCUT2D eigenvalue weighted by molar-refractivity contribution is 6.00. The van der Waals surface area contributed by atoms with Crippen LogP contribution in [0.4, 0.5) is 5.69 Å². The number of amides is 2. The molecule has 2 fully saturated rings. The summed E-state index contributed by atoms with van der Waals surface area (Å²) in [7, 11) is 0. The maximum absolute atomic E-state index is 12.4. The van der Waals surface area contributed by atoms with E-state index >= 15 is 0 Å². The Morgan fingerprint density at radius 1 is 1.35 bits per heavy atom. The summed E-state index contributed by atoms with van der Waals surface area (Å²) >= 11 is 0. The Hall–Kier alpha value is -1.95. The van der Waals surface area contributed by atoms with Gasteiger partial charge in [-0.3, -0.25) is 14.6 Å². The zero-order valence-electron chi connectivity index (χ0n) is 11.2. The molecule has 0 radical (unpaired) electrons. The Balaban J connectivity index is 1.68. The fraction of sp³-hybridized carbons (Fsp3) is 0.500. The van der Waals surface area contributed by atoms with E-state index in [1.165, 1.54) is 0 Å². The standard InChI is InChI=1S/C14H17N3O3/c18-13-8-11(14(19)16-4-6-20-7-5-16)10-17(13)12-2-1-3-15-9-12/h1-3,9,11H,4-8,10H2. The van der Waals surface area contributed by atoms with Crippen molar-refractivity contribution in [2.75, 3.05) is 37.7 Å². The van der Waals surface area contributed by atoms with Crippen molar-refractivity contribution in [2.45, 2.75) is 6.42 Å². The second-order valence-corrected chi connectivity index (χ2v) is 5.05. The normalized spacial score (nSPS) is 23.2. The van der Waals surface area contributed by atoms with E-state index in [9.17, 15) is 9.59 Å². The molecule has 0 aliphatic carbocycles. The molecule has 0 spiro atoms. The smallest absolute Gasteiger partial charge is 0.228 e. The summed E-state index contributed by atoms with van der Waals surface area (Å²) < 4.78 is 5.24. The molecule has 2 saturated heterocycles. The molecule has 0 N–H and O–H groups in total. The first kappa shape index (κ1) is 13.1. The van der Waals surface area contributed by atoms with Crippen LogP contribution in [0, 0.1) is 5.92 Å². The molecule has 1 unspecified atom stereocenters. The van der Waals surface area contributed by atoms with Crippen LogP contribution in [0.3, 0.4) is 0 Å². The van der Waals surface area contributed by atoms with Crippen molar-refractivity contribution in [3.63, 3.8) is 0 Å². The monoisotopic (exact) mass is 275 g/mol. The predicted octanol–water partition coefficient (Wildman–Crippen LogP) is 0.293. The highest BCUT2D eigenvalue weighted by atomic mass is 16.5. The maximum Gasteiger partial charge on any atom is 0.228 e. The molecule has 6 nitrogen and oxygen atoms in total. The molecule has 20 heavy (non-hydrogen) atoms. The van der Waals surface area contributed by atoms with Crippen LogP contribution in [-0.2, 0) is 14.3 Å². The third-order valence-electron chi connectivity index (χ3n) is 3.75. The third-order valence-corrected chi connectivity index (χ3v) is 3.75. The quantitative estimate of drug-likeness (QED) is 0.778. The summed E-state index contributed by atoms with van der Waals surface area (Å²) in [6.45, 7) is 2.85. The van der Waals surface area contributed by atoms with Gasteiger partial charge in [-0.15, -0.1) is 0 Å². The Labute approximate surface area is 117 Å². The van der Waals surface area contributed by atoms with E-state index in [1.54, 1.807) is 28.3 Å². The highest BCUT2D eigenvalue weighted by Crippen LogP contribution is 2.25. The number of carbonyl (C=O) groups is 2. The lowest BCUT2D eigenvalue weighted by Crippen LogP contribution is -2.44. The van der Waals surface area contributed by atoms with Gasteiger partial charge in [-0.2, -0.15) is 0 Å². The van der Waals surface area contributed by atoms with Crippen LogP contribution < -0.4 is 4.90 Å². The van der Waals surface area contributed by atoms with Crippen molar-refractivity contribution < 1.29 is 14.3 Å². The number of nitrogens with zero attached hydrogens (tertiary/aromatic N) is 3. The predicted molar refractivity (Wildman–Crippen MR) is 72.1 cm³/mol. The first-order chi connectivity index (χ1) is 9.75. The van der Waals surface area contributed by atoms with Crippen molar-refractivity contribution in [1.82, 2.24) is 9.88 Å². The fourth-order valence-corrected chi connectivity index (χ4v) is 2.68. The molecule has 3 heterocycles. The fourth-order valence-electron chi connectivity index (χ4n) is 2.68. The minimum Gasteiger partial charge on any atom is -0.378 e. The Morgan fingerprint density at radius 3 is 2.85 bits per heavy atom. The first-order valence-electron chi connectivity index (χ1n) is 6.82. The van der Waals surface area contributed by atoms with Gasteiger partial charge in [0.2, 0.25) is 11.8 Å². The Kier molecular flexibility index (Phi) is 3.64. The van der Waals surface area contributed by atoms with E-state index in [0.29, 0.717) is 32.8 Å². The molecule has 2 amide bonds. The largest absolute Gasteiger partial charge is 0.378 e. The molecule has 106 valence electrons. The average molecular weight is 275 g/mol. The first-order valence-corrected chi connectivity index (χ1v) is 6.82. The number of ether oxygens (including phenoxy) is 1. The number of pyridine rings is 1. The summed E-state index contributed by atoms with van der Waals surface area (Å²) in [5, 5.41) is 0. The molecule has 2 aliphatic heterocycles. The van der Waals surface area contributed by atoms with Crippen LogP contribution in [0.25, 0.3) is 0 Å². The van der Waals surface area contributed by atoms with Crippen molar-refractivity contribution in [3.8, 4) is 0 Å². The van der Waals surface area contributed by atoms with E-state index in [4.69, 9.17) is 4.74 Å². The van der Waals surface area contributed by atoms with E-state index in [1.807, 2.05) is 6.07 Å². The van der Waals surface area contributed by atoms with Gasteiger partial charge in [0.1, 0.15) is 0 Å². The number of aromatic nitrogens is 1. The van der Waals surface area contributed by atoms with Crippen molar-refractivity contribution in [1.29, 1.82) is 0 Å². The van der Waals surface area contributed by atoms with Crippen LogP contribution in [-0.4, -0.2) is 54.5 Å². The molecule has 2 aliphatic rings. The number of hydrogen-bond acceptors (Lipinski definition) is 4. The zero-order chi connectivity index (χ0) is 13.9. The van der Waals surface area contributed by atoms with Crippen LogP contribution in [0.5, 0.6) is 0 Å². The lowest BCUT2D eigenvalue weighted by Gasteiger charge is -2.29. The van der Waals surface area contributed by atoms with Gasteiger partial charge in [-0.25, -0.2) is 0 Å². The Bertz CT molecular complexity index is 500. The molecule has 1 aromatic heterocycles. The molecule has 1 aromatic rings. The van der Waals surface area contributed by atoms with E-state index < -0.39 is 0 Å². The van der Waals surface area contributed by atoms with E-state index in [2.05, 4.69) is 4.98 Å². The number of carbonyl (C=O) groups excluding carboxylic acids is 2. The lowest BCUT2D eigenvalue weighted by molar-refractivity contribution is -0.139. The topological polar surface area (TPSA) is 62.7 Å². The molecule has 6 heteroatoms. The van der Waals surface area contributed by atoms with Gasteiger partial charge in [-0.1, -0.05) is 0 Å². The number of rotatable bonds is 2. The summed E-state index contributed by atoms with van der Waals surface area (Å²) in [5.41, 5.74) is 0.759. The summed E-state index contributed by atoms with van der Waals surface area (Å²) in [6.07, 6.45) is 3.60. The summed E-state index contributed by atoms with van der Waals surface area (Å²) in [5.74, 6) is -0.196. The SMILES string of the molecule is O=C(C1CC(=O)N(c2cccnc2)C1)N1CCOCC1. The minimum atomic E-state index is -0.249. The lowest BCUT2D eigenvalue weighted by atomic mass is 10.1. The highest BCUT2D eigenvalue weighted by Gasteiger charge is 2.37. The van der Waals surface area contributed by atoms with Crippen molar-refractivity contribution in [3.05, 3.63) is 24.5 Å². The molecule has 0 bridgehead atoms. The molecular formula is C14H17N3O3. The Morgan fingerprint density at radius 2 is 2.15 bits per heavy atom. The minimum absolute atomic E-state index is 0.00962. The van der Waals surface area contributed by atoms with Gasteiger partial charge >= 0.3 is 0 Å². The van der Waals surface area contributed by atoms with Crippen LogP contribution in [0.2, 0.25) is 0 Å². The maximum atomic E-state index is 12.4. The summed E-state index contributed by atoms with van der Waals surface area (Å²) in [4.78, 5) is 31.9. The van der Waals surface area contributed by atoms with Crippen LogP contribution in [0.1, 0.15) is 6.42 Å². The van der Waals surface area contributed by atoms with Gasteiger partial charge < -0.3 is 14.5 Å². The molecule has 0 aromatic carbocycles. The molecule has 1 atom stereocenters. The van der Waals surface area contributed by atoms with E-state index in [-0.39, 0.29) is 24.2 Å². The van der Waals surface area contributed by atoms with Crippen molar-refractivity contribution >= 4 is 17.5 Å². The van der Waals surface area contributed by atoms with Crippen LogP contribution in [0.15, 0.2) is 24.5 Å². The second-order valence-electron chi connectivity index (χ2n) is 5.05. The van der Waals surface area contributed by atoms with Crippen LogP contribution >= 0.6 is 0 Å².